The minimum absolute atomic E-state index is 0.156. The standard InChI is InChI=1S/C14H12FNO2S/c15-13-6-4-12(5-7-13)11-19(17,18)10-8-14-3-1-2-9-16-14/h1-10H,11H2. The fourth-order valence-corrected chi connectivity index (χ4v) is 2.61. The van der Waals surface area contributed by atoms with Crippen LogP contribution in [0, 0.1) is 5.82 Å². The maximum atomic E-state index is 12.7. The van der Waals surface area contributed by atoms with Crippen molar-refractivity contribution < 1.29 is 12.8 Å². The van der Waals surface area contributed by atoms with Crippen molar-refractivity contribution in [3.63, 3.8) is 0 Å². The molecule has 0 amide bonds. The van der Waals surface area contributed by atoms with Gasteiger partial charge in [0.2, 0.25) is 0 Å². The van der Waals surface area contributed by atoms with Gasteiger partial charge in [0.05, 0.1) is 11.4 Å². The lowest BCUT2D eigenvalue weighted by atomic mass is 10.2. The van der Waals surface area contributed by atoms with Crippen LogP contribution in [0.1, 0.15) is 11.3 Å². The van der Waals surface area contributed by atoms with Crippen LogP contribution in [-0.4, -0.2) is 13.4 Å². The van der Waals surface area contributed by atoms with Gasteiger partial charge in [-0.05, 0) is 35.9 Å². The number of hydrogen-bond acceptors (Lipinski definition) is 3. The van der Waals surface area contributed by atoms with Crippen molar-refractivity contribution in [3.05, 3.63) is 71.1 Å². The highest BCUT2D eigenvalue weighted by molar-refractivity contribution is 7.93. The number of nitrogens with zero attached hydrogens (tertiary/aromatic N) is 1. The van der Waals surface area contributed by atoms with Crippen LogP contribution < -0.4 is 0 Å². The van der Waals surface area contributed by atoms with Gasteiger partial charge in [0.25, 0.3) is 0 Å². The Morgan fingerprint density at radius 2 is 1.84 bits per heavy atom. The molecule has 0 saturated carbocycles. The average molecular weight is 277 g/mol. The fraction of sp³-hybridized carbons (Fsp3) is 0.0714. The topological polar surface area (TPSA) is 47.0 Å². The van der Waals surface area contributed by atoms with Crippen molar-refractivity contribution >= 4 is 15.9 Å². The van der Waals surface area contributed by atoms with Gasteiger partial charge in [0.1, 0.15) is 5.82 Å². The summed E-state index contributed by atoms with van der Waals surface area (Å²) in [6.07, 6.45) is 3.03. The Labute approximate surface area is 111 Å². The Kier molecular flexibility index (Phi) is 4.06. The zero-order chi connectivity index (χ0) is 13.7. The van der Waals surface area contributed by atoms with Crippen LogP contribution in [0.2, 0.25) is 0 Å². The van der Waals surface area contributed by atoms with E-state index in [1.165, 1.54) is 30.3 Å². The van der Waals surface area contributed by atoms with E-state index in [0.29, 0.717) is 11.3 Å². The predicted octanol–water partition coefficient (Wildman–Crippen LogP) is 2.81. The molecule has 0 saturated heterocycles. The van der Waals surface area contributed by atoms with Gasteiger partial charge in [-0.3, -0.25) is 4.98 Å². The normalized spacial score (nSPS) is 11.8. The zero-order valence-corrected chi connectivity index (χ0v) is 10.8. The number of halogens is 1. The third kappa shape index (κ3) is 4.30. The van der Waals surface area contributed by atoms with Crippen LogP contribution >= 0.6 is 0 Å². The predicted molar refractivity (Wildman–Crippen MR) is 72.3 cm³/mol. The second kappa shape index (κ2) is 5.75. The summed E-state index contributed by atoms with van der Waals surface area (Å²) in [6.45, 7) is 0. The molecule has 2 rings (SSSR count). The fourth-order valence-electron chi connectivity index (χ4n) is 1.51. The third-order valence-corrected chi connectivity index (χ3v) is 3.70. The van der Waals surface area contributed by atoms with E-state index in [1.54, 1.807) is 24.4 Å². The molecular weight excluding hydrogens is 265 g/mol. The molecule has 0 aliphatic heterocycles. The third-order valence-electron chi connectivity index (χ3n) is 2.42. The van der Waals surface area contributed by atoms with E-state index >= 15 is 0 Å². The highest BCUT2D eigenvalue weighted by Crippen LogP contribution is 2.10. The monoisotopic (exact) mass is 277 g/mol. The van der Waals surface area contributed by atoms with Crippen molar-refractivity contribution in [1.82, 2.24) is 4.98 Å². The Morgan fingerprint density at radius 1 is 1.11 bits per heavy atom. The van der Waals surface area contributed by atoms with E-state index in [2.05, 4.69) is 4.98 Å². The summed E-state index contributed by atoms with van der Waals surface area (Å²) < 4.78 is 36.4. The molecule has 1 aromatic heterocycles. The molecule has 98 valence electrons. The Balaban J connectivity index is 2.11. The molecule has 0 N–H and O–H groups in total. The van der Waals surface area contributed by atoms with Gasteiger partial charge in [-0.15, -0.1) is 0 Å². The van der Waals surface area contributed by atoms with E-state index in [1.807, 2.05) is 0 Å². The summed E-state index contributed by atoms with van der Waals surface area (Å²) in [6, 6.07) is 10.6. The van der Waals surface area contributed by atoms with E-state index in [4.69, 9.17) is 0 Å². The summed E-state index contributed by atoms with van der Waals surface area (Å²) in [5.41, 5.74) is 1.12. The molecule has 19 heavy (non-hydrogen) atoms. The molecule has 1 aromatic carbocycles. The van der Waals surface area contributed by atoms with Crippen molar-refractivity contribution in [2.24, 2.45) is 0 Å². The molecule has 3 nitrogen and oxygen atoms in total. The maximum absolute atomic E-state index is 12.7. The van der Waals surface area contributed by atoms with Crippen LogP contribution in [0.3, 0.4) is 0 Å². The quantitative estimate of drug-likeness (QED) is 0.863. The summed E-state index contributed by atoms with van der Waals surface area (Å²) in [5, 5.41) is 1.12. The van der Waals surface area contributed by atoms with Gasteiger partial charge >= 0.3 is 0 Å². The van der Waals surface area contributed by atoms with Crippen LogP contribution in [0.15, 0.2) is 54.1 Å². The number of pyridine rings is 1. The van der Waals surface area contributed by atoms with Crippen LogP contribution in [0.4, 0.5) is 4.39 Å². The van der Waals surface area contributed by atoms with Crippen molar-refractivity contribution in [3.8, 4) is 0 Å². The SMILES string of the molecule is O=S(=O)(C=Cc1ccccn1)Cc1ccc(F)cc1. The highest BCUT2D eigenvalue weighted by atomic mass is 32.2. The Morgan fingerprint density at radius 3 is 2.47 bits per heavy atom. The molecule has 0 radical (unpaired) electrons. The minimum Gasteiger partial charge on any atom is -0.257 e. The molecule has 0 aliphatic carbocycles. The molecule has 1 heterocycles. The van der Waals surface area contributed by atoms with Gasteiger partial charge in [-0.25, -0.2) is 12.8 Å². The van der Waals surface area contributed by atoms with E-state index in [9.17, 15) is 12.8 Å². The molecule has 5 heteroatoms. The smallest absolute Gasteiger partial charge is 0.175 e. The van der Waals surface area contributed by atoms with Crippen molar-refractivity contribution in [2.45, 2.75) is 5.75 Å². The first-order valence-corrected chi connectivity index (χ1v) is 7.33. The van der Waals surface area contributed by atoms with Gasteiger partial charge in [0.15, 0.2) is 9.84 Å². The number of sulfone groups is 1. The molecule has 0 unspecified atom stereocenters. The summed E-state index contributed by atoms with van der Waals surface area (Å²) in [5.74, 6) is -0.540. The summed E-state index contributed by atoms with van der Waals surface area (Å²) in [7, 11) is -3.39. The van der Waals surface area contributed by atoms with E-state index in [0.717, 1.165) is 5.41 Å². The van der Waals surface area contributed by atoms with Gasteiger partial charge in [-0.1, -0.05) is 18.2 Å². The van der Waals surface area contributed by atoms with Crippen LogP contribution in [0.5, 0.6) is 0 Å². The van der Waals surface area contributed by atoms with Crippen LogP contribution in [0.25, 0.3) is 6.08 Å². The molecule has 0 aliphatic rings. The molecule has 2 aromatic rings. The number of hydrogen-bond donors (Lipinski definition) is 0. The van der Waals surface area contributed by atoms with Gasteiger partial charge < -0.3 is 0 Å². The number of rotatable bonds is 4. The van der Waals surface area contributed by atoms with Crippen LogP contribution in [-0.2, 0) is 15.6 Å². The maximum Gasteiger partial charge on any atom is 0.175 e. The average Bonchev–Trinajstić information content (AvgIpc) is 2.40. The molecule has 0 bridgehead atoms. The first-order chi connectivity index (χ1) is 9.05. The Bertz CT molecular complexity index is 664. The molecule has 0 atom stereocenters. The number of aromatic nitrogens is 1. The summed E-state index contributed by atoms with van der Waals surface area (Å²) in [4.78, 5) is 4.00. The zero-order valence-electron chi connectivity index (χ0n) is 10.0. The van der Waals surface area contributed by atoms with Crippen molar-refractivity contribution in [2.75, 3.05) is 0 Å². The molecule has 0 spiro atoms. The largest absolute Gasteiger partial charge is 0.257 e. The molecular formula is C14H12FNO2S. The summed E-state index contributed by atoms with van der Waals surface area (Å²) >= 11 is 0. The lowest BCUT2D eigenvalue weighted by Crippen LogP contribution is -2.00. The van der Waals surface area contributed by atoms with Crippen molar-refractivity contribution in [1.29, 1.82) is 0 Å². The Hall–Kier alpha value is -2.01. The first kappa shape index (κ1) is 13.4. The number of benzene rings is 1. The highest BCUT2D eigenvalue weighted by Gasteiger charge is 2.07. The van der Waals surface area contributed by atoms with Gasteiger partial charge in [0, 0.05) is 11.6 Å². The second-order valence-electron chi connectivity index (χ2n) is 3.99. The lowest BCUT2D eigenvalue weighted by Gasteiger charge is -1.99. The minimum atomic E-state index is -3.39. The first-order valence-electron chi connectivity index (χ1n) is 5.61. The van der Waals surface area contributed by atoms with E-state index < -0.39 is 9.84 Å². The lowest BCUT2D eigenvalue weighted by molar-refractivity contribution is 0.603. The van der Waals surface area contributed by atoms with E-state index in [-0.39, 0.29) is 11.6 Å². The second-order valence-corrected chi connectivity index (χ2v) is 5.88. The molecule has 0 fully saturated rings. The van der Waals surface area contributed by atoms with Gasteiger partial charge in [-0.2, -0.15) is 0 Å².